The van der Waals surface area contributed by atoms with Crippen LogP contribution in [0.5, 0.6) is 0 Å². The molecule has 1 amide bonds. The number of benzene rings is 2. The summed E-state index contributed by atoms with van der Waals surface area (Å²) in [6.07, 6.45) is 3.18. The number of hydrogen-bond acceptors (Lipinski definition) is 4. The first-order chi connectivity index (χ1) is 12.0. The molecule has 0 bridgehead atoms. The van der Waals surface area contributed by atoms with E-state index in [4.69, 9.17) is 5.26 Å². The normalized spacial score (nSPS) is 10.3. The zero-order valence-electron chi connectivity index (χ0n) is 14.1. The molecule has 126 valence electrons. The molecule has 0 saturated heterocycles. The molecule has 0 fully saturated rings. The fourth-order valence-corrected chi connectivity index (χ4v) is 2.18. The Kier molecular flexibility index (Phi) is 6.08. The molecule has 0 atom stereocenters. The van der Waals surface area contributed by atoms with Crippen molar-refractivity contribution in [2.24, 2.45) is 0 Å². The summed E-state index contributed by atoms with van der Waals surface area (Å²) in [5.74, 6) is -0.532. The molecule has 0 aliphatic heterocycles. The van der Waals surface area contributed by atoms with E-state index >= 15 is 0 Å². The van der Waals surface area contributed by atoms with Crippen LogP contribution >= 0.6 is 0 Å². The van der Waals surface area contributed by atoms with Crippen molar-refractivity contribution in [3.05, 3.63) is 76.9 Å². The second-order valence-corrected chi connectivity index (χ2v) is 5.45. The Labute approximate surface area is 146 Å². The molecule has 0 saturated carbocycles. The number of amides is 1. The van der Waals surface area contributed by atoms with Crippen LogP contribution in [0.25, 0.3) is 6.08 Å². The summed E-state index contributed by atoms with van der Waals surface area (Å²) < 4.78 is 4.64. The molecule has 25 heavy (non-hydrogen) atoms. The average Bonchev–Trinajstić information content (AvgIpc) is 2.66. The van der Waals surface area contributed by atoms with Crippen LogP contribution in [0, 0.1) is 11.3 Å². The van der Waals surface area contributed by atoms with Gasteiger partial charge in [-0.3, -0.25) is 4.79 Å². The van der Waals surface area contributed by atoms with Crippen LogP contribution < -0.4 is 0 Å². The lowest BCUT2D eigenvalue weighted by Crippen LogP contribution is -2.24. The maximum Gasteiger partial charge on any atom is 0.337 e. The highest BCUT2D eigenvalue weighted by molar-refractivity contribution is 5.92. The van der Waals surface area contributed by atoms with Gasteiger partial charge in [-0.25, -0.2) is 4.79 Å². The van der Waals surface area contributed by atoms with Crippen molar-refractivity contribution in [1.29, 1.82) is 5.26 Å². The van der Waals surface area contributed by atoms with Crippen LogP contribution in [0.1, 0.15) is 27.0 Å². The molecular formula is C20H18N2O3. The predicted molar refractivity (Wildman–Crippen MR) is 94.4 cm³/mol. The van der Waals surface area contributed by atoms with Crippen LogP contribution in [-0.4, -0.2) is 30.9 Å². The third kappa shape index (κ3) is 5.05. The fourth-order valence-electron chi connectivity index (χ4n) is 2.18. The molecule has 0 aliphatic carbocycles. The summed E-state index contributed by atoms with van der Waals surface area (Å²) >= 11 is 0. The van der Waals surface area contributed by atoms with Gasteiger partial charge in [-0.2, -0.15) is 5.26 Å². The lowest BCUT2D eigenvalue weighted by molar-refractivity contribution is -0.125. The first kappa shape index (κ1) is 18.0. The topological polar surface area (TPSA) is 70.4 Å². The minimum atomic E-state index is -0.395. The van der Waals surface area contributed by atoms with E-state index in [0.29, 0.717) is 17.7 Å². The van der Waals surface area contributed by atoms with Gasteiger partial charge in [0.15, 0.2) is 0 Å². The van der Waals surface area contributed by atoms with Crippen molar-refractivity contribution in [3.8, 4) is 6.07 Å². The van der Waals surface area contributed by atoms with Crippen LogP contribution in [0.15, 0.2) is 54.6 Å². The number of rotatable bonds is 5. The van der Waals surface area contributed by atoms with Gasteiger partial charge in [0.05, 0.1) is 24.3 Å². The van der Waals surface area contributed by atoms with Crippen molar-refractivity contribution in [3.63, 3.8) is 0 Å². The third-order valence-corrected chi connectivity index (χ3v) is 3.63. The fraction of sp³-hybridized carbons (Fsp3) is 0.150. The lowest BCUT2D eigenvalue weighted by Gasteiger charge is -2.15. The molecule has 0 heterocycles. The summed E-state index contributed by atoms with van der Waals surface area (Å²) in [5, 5.41) is 8.79. The number of nitriles is 1. The molecule has 0 radical (unpaired) electrons. The maximum atomic E-state index is 12.2. The molecule has 2 aromatic rings. The van der Waals surface area contributed by atoms with Gasteiger partial charge in [-0.1, -0.05) is 24.3 Å². The monoisotopic (exact) mass is 334 g/mol. The first-order valence-corrected chi connectivity index (χ1v) is 7.64. The number of esters is 1. The van der Waals surface area contributed by atoms with E-state index < -0.39 is 5.97 Å². The maximum absolute atomic E-state index is 12.2. The number of nitrogens with zero attached hydrogens (tertiary/aromatic N) is 2. The summed E-state index contributed by atoms with van der Waals surface area (Å²) in [5.41, 5.74) is 2.82. The van der Waals surface area contributed by atoms with E-state index in [1.807, 2.05) is 12.1 Å². The minimum absolute atomic E-state index is 0.138. The zero-order valence-corrected chi connectivity index (χ0v) is 14.1. The van der Waals surface area contributed by atoms with E-state index in [9.17, 15) is 9.59 Å². The Morgan fingerprint density at radius 3 is 2.32 bits per heavy atom. The minimum Gasteiger partial charge on any atom is -0.465 e. The highest BCUT2D eigenvalue weighted by Gasteiger charge is 2.07. The molecule has 5 heteroatoms. The Morgan fingerprint density at radius 2 is 1.76 bits per heavy atom. The second-order valence-electron chi connectivity index (χ2n) is 5.45. The van der Waals surface area contributed by atoms with E-state index in [0.717, 1.165) is 11.1 Å². The Hall–Kier alpha value is -3.39. The van der Waals surface area contributed by atoms with Crippen molar-refractivity contribution in [2.75, 3.05) is 14.2 Å². The van der Waals surface area contributed by atoms with Gasteiger partial charge >= 0.3 is 5.97 Å². The van der Waals surface area contributed by atoms with Crippen LogP contribution in [0.3, 0.4) is 0 Å². The van der Waals surface area contributed by atoms with E-state index in [1.165, 1.54) is 13.2 Å². The molecule has 2 rings (SSSR count). The van der Waals surface area contributed by atoms with Gasteiger partial charge in [0.25, 0.3) is 0 Å². The Balaban J connectivity index is 1.96. The van der Waals surface area contributed by atoms with Crippen LogP contribution in [0.4, 0.5) is 0 Å². The van der Waals surface area contributed by atoms with Gasteiger partial charge in [0, 0.05) is 19.7 Å². The van der Waals surface area contributed by atoms with E-state index in [2.05, 4.69) is 10.8 Å². The molecule has 5 nitrogen and oxygen atoms in total. The van der Waals surface area contributed by atoms with Crippen molar-refractivity contribution < 1.29 is 14.3 Å². The molecule has 2 aromatic carbocycles. The number of hydrogen-bond donors (Lipinski definition) is 0. The van der Waals surface area contributed by atoms with Gasteiger partial charge in [-0.05, 0) is 41.5 Å². The lowest BCUT2D eigenvalue weighted by atomic mass is 10.1. The van der Waals surface area contributed by atoms with E-state index in [1.54, 1.807) is 54.4 Å². The number of carbonyl (C=O) groups excluding carboxylic acids is 2. The van der Waals surface area contributed by atoms with Gasteiger partial charge in [0.2, 0.25) is 5.91 Å². The van der Waals surface area contributed by atoms with Crippen molar-refractivity contribution in [2.45, 2.75) is 6.54 Å². The largest absolute Gasteiger partial charge is 0.465 e. The number of carbonyl (C=O) groups is 2. The Bertz CT molecular complexity index is 816. The number of ether oxygens (including phenoxy) is 1. The molecule has 0 aromatic heterocycles. The van der Waals surface area contributed by atoms with Gasteiger partial charge in [-0.15, -0.1) is 0 Å². The van der Waals surface area contributed by atoms with Crippen molar-refractivity contribution in [1.82, 2.24) is 4.90 Å². The number of methoxy groups -OCH3 is 1. The van der Waals surface area contributed by atoms with Crippen molar-refractivity contribution >= 4 is 18.0 Å². The standard InChI is InChI=1S/C20H18N2O3/c1-22(14-17-5-3-16(13-21)4-6-17)19(23)12-9-15-7-10-18(11-8-15)20(24)25-2/h3-12H,14H2,1-2H3/b12-9+. The smallest absolute Gasteiger partial charge is 0.337 e. The van der Waals surface area contributed by atoms with Crippen LogP contribution in [0.2, 0.25) is 0 Å². The quantitative estimate of drug-likeness (QED) is 0.622. The SMILES string of the molecule is COC(=O)c1ccc(/C=C/C(=O)N(C)Cc2ccc(C#N)cc2)cc1. The zero-order chi connectivity index (χ0) is 18.2. The molecule has 0 aliphatic rings. The second kappa shape index (κ2) is 8.46. The number of likely N-dealkylation sites (N-methyl/N-ethyl adjacent to an activating group) is 1. The average molecular weight is 334 g/mol. The molecule has 0 spiro atoms. The Morgan fingerprint density at radius 1 is 1.12 bits per heavy atom. The third-order valence-electron chi connectivity index (χ3n) is 3.63. The summed E-state index contributed by atoms with van der Waals surface area (Å²) in [6.45, 7) is 0.455. The highest BCUT2D eigenvalue weighted by atomic mass is 16.5. The molecule has 0 N–H and O–H groups in total. The molecular weight excluding hydrogens is 316 g/mol. The summed E-state index contributed by atoms with van der Waals surface area (Å²) in [4.78, 5) is 25.1. The van der Waals surface area contributed by atoms with Gasteiger partial charge < -0.3 is 9.64 Å². The first-order valence-electron chi connectivity index (χ1n) is 7.64. The highest BCUT2D eigenvalue weighted by Crippen LogP contribution is 2.09. The summed E-state index contributed by atoms with van der Waals surface area (Å²) in [7, 11) is 3.05. The predicted octanol–water partition coefficient (Wildman–Crippen LogP) is 3.02. The molecule has 0 unspecified atom stereocenters. The van der Waals surface area contributed by atoms with Crippen LogP contribution in [-0.2, 0) is 16.1 Å². The van der Waals surface area contributed by atoms with Gasteiger partial charge in [0.1, 0.15) is 0 Å². The summed E-state index contributed by atoms with van der Waals surface area (Å²) in [6, 6.07) is 16.0. The van der Waals surface area contributed by atoms with E-state index in [-0.39, 0.29) is 5.91 Å².